The average Bonchev–Trinajstić information content (AvgIpc) is 2.33. The van der Waals surface area contributed by atoms with Gasteiger partial charge in [0.1, 0.15) is 0 Å². The van der Waals surface area contributed by atoms with Crippen LogP contribution in [-0.2, 0) is 4.74 Å². The van der Waals surface area contributed by atoms with Gasteiger partial charge in [-0.25, -0.2) is 0 Å². The van der Waals surface area contributed by atoms with E-state index in [0.717, 1.165) is 17.5 Å². The minimum Gasteiger partial charge on any atom is -0.369 e. The van der Waals surface area contributed by atoms with Gasteiger partial charge in [-0.1, -0.05) is 29.8 Å². The lowest BCUT2D eigenvalue weighted by Crippen LogP contribution is -2.13. The van der Waals surface area contributed by atoms with Crippen LogP contribution in [0.25, 0.3) is 0 Å². The second-order valence-electron chi connectivity index (χ2n) is 4.74. The molecule has 0 bridgehead atoms. The average molecular weight is 230 g/mol. The van der Waals surface area contributed by atoms with Gasteiger partial charge in [-0.3, -0.25) is 4.79 Å². The van der Waals surface area contributed by atoms with Crippen LogP contribution >= 0.6 is 0 Å². The van der Waals surface area contributed by atoms with E-state index in [-0.39, 0.29) is 11.9 Å². The Balaban J connectivity index is 2.16. The zero-order valence-corrected chi connectivity index (χ0v) is 10.6. The molecule has 17 heavy (non-hydrogen) atoms. The fraction of sp³-hybridized carbons (Fsp3) is 0.400. The number of carbonyl (C=O) groups excluding carboxylic acids is 1. The van der Waals surface area contributed by atoms with Gasteiger partial charge < -0.3 is 4.74 Å². The van der Waals surface area contributed by atoms with E-state index >= 15 is 0 Å². The predicted octanol–water partition coefficient (Wildman–Crippen LogP) is 3.69. The van der Waals surface area contributed by atoms with Crippen molar-refractivity contribution in [3.63, 3.8) is 0 Å². The maximum absolute atomic E-state index is 11.2. The van der Waals surface area contributed by atoms with E-state index < -0.39 is 0 Å². The molecule has 0 aromatic heterocycles. The highest BCUT2D eigenvalue weighted by Crippen LogP contribution is 2.31. The Kier molecular flexibility index (Phi) is 3.43. The van der Waals surface area contributed by atoms with Crippen molar-refractivity contribution in [3.8, 4) is 0 Å². The number of carbonyl (C=O) groups is 1. The van der Waals surface area contributed by atoms with Crippen LogP contribution in [-0.4, -0.2) is 12.4 Å². The van der Waals surface area contributed by atoms with Gasteiger partial charge in [0.2, 0.25) is 0 Å². The molecule has 2 heteroatoms. The van der Waals surface area contributed by atoms with Crippen molar-refractivity contribution < 1.29 is 9.53 Å². The Bertz CT molecular complexity index is 454. The Hall–Kier alpha value is -1.41. The lowest BCUT2D eigenvalue weighted by atomic mass is 9.96. The van der Waals surface area contributed by atoms with Gasteiger partial charge in [0, 0.05) is 5.56 Å². The Morgan fingerprint density at radius 2 is 1.82 bits per heavy atom. The normalized spacial score (nSPS) is 20.5. The number of benzene rings is 1. The SMILES string of the molecule is CC(=O)c1ccc(C2CC(C)=C(C)CO2)cc1. The van der Waals surface area contributed by atoms with E-state index in [2.05, 4.69) is 13.8 Å². The Morgan fingerprint density at radius 3 is 2.35 bits per heavy atom. The molecule has 1 aromatic rings. The minimum absolute atomic E-state index is 0.105. The van der Waals surface area contributed by atoms with E-state index in [9.17, 15) is 4.79 Å². The molecule has 0 aliphatic carbocycles. The van der Waals surface area contributed by atoms with Gasteiger partial charge in [-0.05, 0) is 38.3 Å². The van der Waals surface area contributed by atoms with Crippen molar-refractivity contribution in [1.82, 2.24) is 0 Å². The summed E-state index contributed by atoms with van der Waals surface area (Å²) in [5, 5.41) is 0. The molecule has 0 spiro atoms. The third kappa shape index (κ3) is 2.64. The predicted molar refractivity (Wildman–Crippen MR) is 68.1 cm³/mol. The summed E-state index contributed by atoms with van der Waals surface area (Å²) in [5.41, 5.74) is 4.66. The fourth-order valence-corrected chi connectivity index (χ4v) is 2.01. The standard InChI is InChI=1S/C15H18O2/c1-10-8-15(17-9-11(10)2)14-6-4-13(5-7-14)12(3)16/h4-7,15H,8-9H2,1-3H3. The lowest BCUT2D eigenvalue weighted by molar-refractivity contribution is 0.0578. The third-order valence-electron chi connectivity index (χ3n) is 3.41. The van der Waals surface area contributed by atoms with Crippen LogP contribution in [0, 0.1) is 0 Å². The Morgan fingerprint density at radius 1 is 1.18 bits per heavy atom. The van der Waals surface area contributed by atoms with Crippen LogP contribution in [0.3, 0.4) is 0 Å². The van der Waals surface area contributed by atoms with Crippen molar-refractivity contribution in [2.75, 3.05) is 6.61 Å². The maximum Gasteiger partial charge on any atom is 0.159 e. The van der Waals surface area contributed by atoms with Gasteiger partial charge in [-0.15, -0.1) is 0 Å². The molecule has 1 aliphatic rings. The molecule has 90 valence electrons. The molecule has 2 rings (SSSR count). The van der Waals surface area contributed by atoms with Gasteiger partial charge in [-0.2, -0.15) is 0 Å². The monoisotopic (exact) mass is 230 g/mol. The molecule has 1 atom stereocenters. The number of Topliss-reactive ketones (excluding diaryl/α,β-unsaturated/α-hetero) is 1. The van der Waals surface area contributed by atoms with Crippen molar-refractivity contribution in [2.45, 2.75) is 33.3 Å². The molecular formula is C15H18O2. The van der Waals surface area contributed by atoms with Crippen molar-refractivity contribution in [3.05, 3.63) is 46.5 Å². The topological polar surface area (TPSA) is 26.3 Å². The molecule has 1 unspecified atom stereocenters. The quantitative estimate of drug-likeness (QED) is 0.572. The zero-order chi connectivity index (χ0) is 12.4. The fourth-order valence-electron chi connectivity index (χ4n) is 2.01. The zero-order valence-electron chi connectivity index (χ0n) is 10.6. The first-order chi connectivity index (χ1) is 8.08. The summed E-state index contributed by atoms with van der Waals surface area (Å²) in [6.45, 7) is 6.58. The highest BCUT2D eigenvalue weighted by atomic mass is 16.5. The molecule has 0 saturated carbocycles. The molecule has 0 N–H and O–H groups in total. The van der Waals surface area contributed by atoms with Gasteiger partial charge in [0.15, 0.2) is 5.78 Å². The first kappa shape index (κ1) is 12.1. The third-order valence-corrected chi connectivity index (χ3v) is 3.41. The summed E-state index contributed by atoms with van der Waals surface area (Å²) in [5.74, 6) is 0.105. The van der Waals surface area contributed by atoms with Gasteiger partial charge in [0.05, 0.1) is 12.7 Å². The maximum atomic E-state index is 11.2. The summed E-state index contributed by atoms with van der Waals surface area (Å²) < 4.78 is 5.80. The van der Waals surface area contributed by atoms with Crippen LogP contribution in [0.4, 0.5) is 0 Å². The molecular weight excluding hydrogens is 212 g/mol. The summed E-state index contributed by atoms with van der Waals surface area (Å²) >= 11 is 0. The van der Waals surface area contributed by atoms with E-state index in [0.29, 0.717) is 6.61 Å². The summed E-state index contributed by atoms with van der Waals surface area (Å²) in [4.78, 5) is 11.2. The van der Waals surface area contributed by atoms with Gasteiger partial charge in [0.25, 0.3) is 0 Å². The van der Waals surface area contributed by atoms with Crippen molar-refractivity contribution in [2.24, 2.45) is 0 Å². The van der Waals surface area contributed by atoms with E-state index in [1.54, 1.807) is 6.92 Å². The minimum atomic E-state index is 0.105. The lowest BCUT2D eigenvalue weighted by Gasteiger charge is -2.25. The number of ketones is 1. The molecule has 1 aromatic carbocycles. The second kappa shape index (κ2) is 4.84. The molecule has 0 radical (unpaired) electrons. The molecule has 0 saturated heterocycles. The molecule has 0 fully saturated rings. The molecule has 1 heterocycles. The smallest absolute Gasteiger partial charge is 0.159 e. The van der Waals surface area contributed by atoms with Crippen LogP contribution in [0.15, 0.2) is 35.4 Å². The largest absolute Gasteiger partial charge is 0.369 e. The highest BCUT2D eigenvalue weighted by Gasteiger charge is 2.18. The second-order valence-corrected chi connectivity index (χ2v) is 4.74. The van der Waals surface area contributed by atoms with Crippen molar-refractivity contribution >= 4 is 5.78 Å². The first-order valence-electron chi connectivity index (χ1n) is 5.95. The van der Waals surface area contributed by atoms with Crippen LogP contribution in [0.5, 0.6) is 0 Å². The summed E-state index contributed by atoms with van der Waals surface area (Å²) in [6.07, 6.45) is 1.09. The van der Waals surface area contributed by atoms with E-state index in [1.165, 1.54) is 11.1 Å². The number of ether oxygens (including phenoxy) is 1. The summed E-state index contributed by atoms with van der Waals surface area (Å²) in [6, 6.07) is 7.74. The first-order valence-corrected chi connectivity index (χ1v) is 5.95. The highest BCUT2D eigenvalue weighted by molar-refractivity contribution is 5.94. The van der Waals surface area contributed by atoms with Gasteiger partial charge >= 0.3 is 0 Å². The molecule has 1 aliphatic heterocycles. The number of hydrogen-bond donors (Lipinski definition) is 0. The number of hydrogen-bond acceptors (Lipinski definition) is 2. The van der Waals surface area contributed by atoms with Crippen molar-refractivity contribution in [1.29, 1.82) is 0 Å². The van der Waals surface area contributed by atoms with E-state index in [1.807, 2.05) is 24.3 Å². The Labute approximate surface area is 102 Å². The van der Waals surface area contributed by atoms with Crippen LogP contribution < -0.4 is 0 Å². The molecule has 2 nitrogen and oxygen atoms in total. The summed E-state index contributed by atoms with van der Waals surface area (Å²) in [7, 11) is 0. The number of rotatable bonds is 2. The van der Waals surface area contributed by atoms with Crippen LogP contribution in [0.1, 0.15) is 49.2 Å². The van der Waals surface area contributed by atoms with E-state index in [4.69, 9.17) is 4.74 Å². The van der Waals surface area contributed by atoms with Crippen LogP contribution in [0.2, 0.25) is 0 Å². The molecule has 0 amide bonds.